The summed E-state index contributed by atoms with van der Waals surface area (Å²) in [5.41, 5.74) is 2.72. The lowest BCUT2D eigenvalue weighted by Crippen LogP contribution is -2.21. The molecule has 140 valence electrons. The topological polar surface area (TPSA) is 86.9 Å². The Labute approximate surface area is 158 Å². The largest absolute Gasteiger partial charge is 0.486 e. The van der Waals surface area contributed by atoms with Gasteiger partial charge in [-0.25, -0.2) is 4.52 Å². The van der Waals surface area contributed by atoms with Crippen molar-refractivity contribution >= 4 is 28.1 Å². The fraction of sp³-hybridized carbons (Fsp3) is 0.150. The summed E-state index contributed by atoms with van der Waals surface area (Å²) in [6.45, 7) is 0.989. The van der Waals surface area contributed by atoms with Gasteiger partial charge in [0.2, 0.25) is 0 Å². The lowest BCUT2D eigenvalue weighted by molar-refractivity contribution is 0.102. The second kappa shape index (κ2) is 6.12. The van der Waals surface area contributed by atoms with E-state index in [1.54, 1.807) is 60.2 Å². The van der Waals surface area contributed by atoms with Crippen LogP contribution in [-0.4, -0.2) is 33.3 Å². The molecule has 0 saturated carbocycles. The van der Waals surface area contributed by atoms with Crippen molar-refractivity contribution in [3.63, 3.8) is 0 Å². The Bertz CT molecular complexity index is 1310. The number of hydrogen-bond acceptors (Lipinski definition) is 5. The number of fused-ring (bicyclic) bond motifs is 4. The van der Waals surface area contributed by atoms with Crippen LogP contribution in [0.2, 0.25) is 0 Å². The normalized spacial score (nSPS) is 13.0. The minimum Gasteiger partial charge on any atom is -0.486 e. The van der Waals surface area contributed by atoms with E-state index >= 15 is 0 Å². The molecule has 4 aromatic rings. The van der Waals surface area contributed by atoms with Crippen LogP contribution >= 0.6 is 0 Å². The Morgan fingerprint density at radius 2 is 1.82 bits per heavy atom. The molecule has 3 heterocycles. The molecule has 0 bridgehead atoms. The van der Waals surface area contributed by atoms with Gasteiger partial charge in [-0.3, -0.25) is 9.59 Å². The minimum atomic E-state index is -0.286. The van der Waals surface area contributed by atoms with Crippen molar-refractivity contribution in [1.29, 1.82) is 0 Å². The Kier molecular flexibility index (Phi) is 3.58. The first kappa shape index (κ1) is 16.4. The number of nitrogens with one attached hydrogen (secondary N) is 1. The molecule has 2 aromatic carbocycles. The van der Waals surface area contributed by atoms with Gasteiger partial charge in [-0.15, -0.1) is 0 Å². The number of benzene rings is 2. The first-order valence-corrected chi connectivity index (χ1v) is 8.79. The van der Waals surface area contributed by atoms with Crippen molar-refractivity contribution in [2.75, 3.05) is 18.5 Å². The van der Waals surface area contributed by atoms with Crippen LogP contribution in [0.1, 0.15) is 10.4 Å². The summed E-state index contributed by atoms with van der Waals surface area (Å²) in [6, 6.07) is 12.1. The van der Waals surface area contributed by atoms with E-state index in [-0.39, 0.29) is 11.5 Å². The number of aryl methyl sites for hydroxylation is 1. The van der Waals surface area contributed by atoms with E-state index in [9.17, 15) is 9.59 Å². The molecule has 8 nitrogen and oxygen atoms in total. The third kappa shape index (κ3) is 2.50. The number of amides is 1. The summed E-state index contributed by atoms with van der Waals surface area (Å²) in [5, 5.41) is 7.06. The van der Waals surface area contributed by atoms with Gasteiger partial charge in [-0.1, -0.05) is 0 Å². The van der Waals surface area contributed by atoms with Crippen molar-refractivity contribution < 1.29 is 14.3 Å². The number of anilines is 1. The lowest BCUT2D eigenvalue weighted by Gasteiger charge is -2.19. The van der Waals surface area contributed by atoms with Crippen molar-refractivity contribution in [3.8, 4) is 11.5 Å². The van der Waals surface area contributed by atoms with E-state index < -0.39 is 0 Å². The van der Waals surface area contributed by atoms with Gasteiger partial charge in [-0.2, -0.15) is 5.10 Å². The Morgan fingerprint density at radius 1 is 1.00 bits per heavy atom. The van der Waals surface area contributed by atoms with E-state index in [0.29, 0.717) is 47.0 Å². The summed E-state index contributed by atoms with van der Waals surface area (Å²) >= 11 is 0. The molecule has 1 aliphatic heterocycles. The zero-order valence-electron chi connectivity index (χ0n) is 15.0. The Morgan fingerprint density at radius 3 is 2.68 bits per heavy atom. The van der Waals surface area contributed by atoms with Crippen molar-refractivity contribution in [1.82, 2.24) is 14.2 Å². The number of carbonyl (C=O) groups excluding carboxylic acids is 1. The quantitative estimate of drug-likeness (QED) is 0.580. The maximum absolute atomic E-state index is 12.7. The average molecular weight is 376 g/mol. The van der Waals surface area contributed by atoms with Crippen LogP contribution in [0.15, 0.2) is 53.5 Å². The molecule has 2 aromatic heterocycles. The fourth-order valence-electron chi connectivity index (χ4n) is 3.38. The first-order valence-electron chi connectivity index (χ1n) is 8.79. The highest BCUT2D eigenvalue weighted by molar-refractivity contribution is 6.06. The van der Waals surface area contributed by atoms with Crippen molar-refractivity contribution in [2.45, 2.75) is 0 Å². The molecule has 0 spiro atoms. The molecular weight excluding hydrogens is 360 g/mol. The first-order chi connectivity index (χ1) is 13.6. The second-order valence-electron chi connectivity index (χ2n) is 6.51. The summed E-state index contributed by atoms with van der Waals surface area (Å²) in [5.74, 6) is 0.978. The Hall–Kier alpha value is -3.81. The third-order valence-corrected chi connectivity index (χ3v) is 4.79. The van der Waals surface area contributed by atoms with Gasteiger partial charge in [0.1, 0.15) is 18.7 Å². The zero-order valence-corrected chi connectivity index (χ0v) is 15.0. The number of aromatic nitrogens is 3. The summed E-state index contributed by atoms with van der Waals surface area (Å²) in [4.78, 5) is 25.2. The molecule has 1 aliphatic rings. The highest BCUT2D eigenvalue weighted by Gasteiger charge is 2.15. The SMILES string of the molecule is Cn1c(=O)c2ccnn2c2ccc(C(=O)Nc3ccc4c(c3)OCCO4)cc21. The monoisotopic (exact) mass is 376 g/mol. The molecule has 0 unspecified atom stereocenters. The van der Waals surface area contributed by atoms with Crippen LogP contribution in [0.3, 0.4) is 0 Å². The van der Waals surface area contributed by atoms with Crippen LogP contribution in [-0.2, 0) is 7.05 Å². The van der Waals surface area contributed by atoms with Gasteiger partial charge in [0, 0.05) is 24.4 Å². The maximum Gasteiger partial charge on any atom is 0.276 e. The molecule has 1 N–H and O–H groups in total. The second-order valence-corrected chi connectivity index (χ2v) is 6.51. The number of ether oxygens (including phenoxy) is 2. The molecule has 0 aliphatic carbocycles. The molecular formula is C20H16N4O4. The number of rotatable bonds is 2. The smallest absolute Gasteiger partial charge is 0.276 e. The zero-order chi connectivity index (χ0) is 19.3. The minimum absolute atomic E-state index is 0.172. The summed E-state index contributed by atoms with van der Waals surface area (Å²) in [7, 11) is 1.68. The van der Waals surface area contributed by atoms with Crippen molar-refractivity contribution in [2.24, 2.45) is 7.05 Å². The number of nitrogens with zero attached hydrogens (tertiary/aromatic N) is 3. The molecule has 0 atom stereocenters. The molecule has 0 saturated heterocycles. The summed E-state index contributed by atoms with van der Waals surface area (Å²) < 4.78 is 14.1. The van der Waals surface area contributed by atoms with Gasteiger partial charge in [0.05, 0.1) is 17.2 Å². The molecule has 0 radical (unpaired) electrons. The summed E-state index contributed by atoms with van der Waals surface area (Å²) in [6.07, 6.45) is 1.58. The van der Waals surface area contributed by atoms with Crippen LogP contribution in [0.4, 0.5) is 5.69 Å². The highest BCUT2D eigenvalue weighted by Crippen LogP contribution is 2.32. The van der Waals surface area contributed by atoms with Gasteiger partial charge in [0.15, 0.2) is 11.5 Å². The van der Waals surface area contributed by atoms with Gasteiger partial charge in [-0.05, 0) is 36.4 Å². The molecule has 5 rings (SSSR count). The molecule has 1 amide bonds. The van der Waals surface area contributed by atoms with Gasteiger partial charge < -0.3 is 19.4 Å². The third-order valence-electron chi connectivity index (χ3n) is 4.79. The van der Waals surface area contributed by atoms with E-state index in [1.165, 1.54) is 4.57 Å². The predicted octanol–water partition coefficient (Wildman–Crippen LogP) is 2.21. The van der Waals surface area contributed by atoms with E-state index in [1.807, 2.05) is 0 Å². The van der Waals surface area contributed by atoms with Crippen LogP contribution in [0.5, 0.6) is 11.5 Å². The molecule has 0 fully saturated rings. The lowest BCUT2D eigenvalue weighted by atomic mass is 10.1. The standard InChI is InChI=1S/C20H16N4O4/c1-23-16-10-12(2-4-14(16)24-15(20(23)26)6-7-21-24)19(25)22-13-3-5-17-18(11-13)28-9-8-27-17/h2-7,10-11H,8-9H2,1H3,(H,22,25). The van der Waals surface area contributed by atoms with E-state index in [0.717, 1.165) is 5.52 Å². The van der Waals surface area contributed by atoms with Gasteiger partial charge >= 0.3 is 0 Å². The Balaban J connectivity index is 1.52. The van der Waals surface area contributed by atoms with Gasteiger partial charge in [0.25, 0.3) is 11.5 Å². The van der Waals surface area contributed by atoms with Crippen LogP contribution < -0.4 is 20.3 Å². The maximum atomic E-state index is 12.7. The molecule has 8 heteroatoms. The van der Waals surface area contributed by atoms with E-state index in [4.69, 9.17) is 9.47 Å². The molecule has 28 heavy (non-hydrogen) atoms. The van der Waals surface area contributed by atoms with Crippen LogP contribution in [0, 0.1) is 0 Å². The average Bonchev–Trinajstić information content (AvgIpc) is 3.22. The number of carbonyl (C=O) groups is 1. The number of hydrogen-bond donors (Lipinski definition) is 1. The van der Waals surface area contributed by atoms with E-state index in [2.05, 4.69) is 10.4 Å². The fourth-order valence-corrected chi connectivity index (χ4v) is 3.38. The van der Waals surface area contributed by atoms with Crippen LogP contribution in [0.25, 0.3) is 16.6 Å². The predicted molar refractivity (Wildman–Crippen MR) is 103 cm³/mol. The van der Waals surface area contributed by atoms with Crippen molar-refractivity contribution in [3.05, 3.63) is 64.6 Å². The highest BCUT2D eigenvalue weighted by atomic mass is 16.6.